The Morgan fingerprint density at radius 3 is 3.09 bits per heavy atom. The van der Waals surface area contributed by atoms with Crippen LogP contribution < -0.4 is 0 Å². The molecule has 1 fully saturated rings. The Labute approximate surface area is 66.0 Å². The second kappa shape index (κ2) is 2.63. The van der Waals surface area contributed by atoms with Crippen LogP contribution in [-0.4, -0.2) is 12.6 Å². The van der Waals surface area contributed by atoms with Crippen LogP contribution in [0.5, 0.6) is 0 Å². The molecule has 0 radical (unpaired) electrons. The van der Waals surface area contributed by atoms with E-state index in [1.807, 2.05) is 0 Å². The molecule has 1 saturated carbocycles. The van der Waals surface area contributed by atoms with Gasteiger partial charge < -0.3 is 0 Å². The van der Waals surface area contributed by atoms with Gasteiger partial charge >= 0.3 is 0 Å². The van der Waals surface area contributed by atoms with Gasteiger partial charge in [-0.1, -0.05) is 6.08 Å². The highest BCUT2D eigenvalue weighted by molar-refractivity contribution is 5.35. The molecule has 11 heavy (non-hydrogen) atoms. The lowest BCUT2D eigenvalue weighted by atomic mass is 9.99. The van der Waals surface area contributed by atoms with Gasteiger partial charge in [-0.15, -0.1) is 0 Å². The molecule has 58 valence electrons. The molecular weight excluding hydrogens is 138 g/mol. The lowest BCUT2D eigenvalue weighted by molar-refractivity contribution is 0.562. The van der Waals surface area contributed by atoms with Crippen molar-refractivity contribution in [3.63, 3.8) is 0 Å². The van der Waals surface area contributed by atoms with Crippen molar-refractivity contribution in [2.75, 3.05) is 6.54 Å². The second-order valence-corrected chi connectivity index (χ2v) is 3.42. The van der Waals surface area contributed by atoms with Gasteiger partial charge in [0, 0.05) is 0 Å². The van der Waals surface area contributed by atoms with Gasteiger partial charge in [-0.05, 0) is 36.7 Å². The lowest BCUT2D eigenvalue weighted by Gasteiger charge is -2.08. The molecule has 2 atom stereocenters. The predicted octanol–water partition coefficient (Wildman–Crippen LogP) is 1.68. The van der Waals surface area contributed by atoms with Crippen molar-refractivity contribution in [2.45, 2.75) is 19.3 Å². The van der Waals surface area contributed by atoms with Crippen LogP contribution in [0.4, 0.5) is 0 Å². The van der Waals surface area contributed by atoms with Crippen LogP contribution >= 0.6 is 0 Å². The fraction of sp³-hybridized carbons (Fsp3) is 0.667. The van der Waals surface area contributed by atoms with Crippen molar-refractivity contribution in [1.82, 2.24) is 0 Å². The van der Waals surface area contributed by atoms with E-state index in [2.05, 4.69) is 11.1 Å². The quantitative estimate of drug-likeness (QED) is 0.333. The van der Waals surface area contributed by atoms with Gasteiger partial charge in [0.15, 0.2) is 0 Å². The van der Waals surface area contributed by atoms with Crippen LogP contribution in [0.3, 0.4) is 0 Å². The normalized spacial score (nSPS) is 33.3. The molecule has 2 bridgehead atoms. The molecule has 0 aromatic heterocycles. The summed E-state index contributed by atoms with van der Waals surface area (Å²) in [7, 11) is 0. The number of fused-ring (bicyclic) bond motifs is 2. The Balaban J connectivity index is 2.05. The van der Waals surface area contributed by atoms with Crippen LogP contribution in [0.25, 0.3) is 0 Å². The Bertz CT molecular complexity index is 238. The molecule has 0 aromatic rings. The summed E-state index contributed by atoms with van der Waals surface area (Å²) in [5.41, 5.74) is 1.38. The summed E-state index contributed by atoms with van der Waals surface area (Å²) in [5.74, 6) is 1.55. The molecule has 2 rings (SSSR count). The molecule has 0 amide bonds. The molecular formula is C9H11NO. The summed E-state index contributed by atoms with van der Waals surface area (Å²) in [6.45, 7) is 0.602. The number of nitrogens with zero attached hydrogens (tertiary/aromatic N) is 1. The molecule has 2 heteroatoms. The van der Waals surface area contributed by atoms with E-state index in [0.29, 0.717) is 6.54 Å². The zero-order valence-electron chi connectivity index (χ0n) is 6.42. The van der Waals surface area contributed by atoms with E-state index in [1.165, 1.54) is 24.8 Å². The molecule has 2 unspecified atom stereocenters. The van der Waals surface area contributed by atoms with E-state index >= 15 is 0 Å². The van der Waals surface area contributed by atoms with E-state index in [9.17, 15) is 4.79 Å². The maximum atomic E-state index is 9.85. The minimum Gasteiger partial charge on any atom is -0.211 e. The van der Waals surface area contributed by atoms with Crippen LogP contribution in [0.2, 0.25) is 0 Å². The van der Waals surface area contributed by atoms with E-state index in [4.69, 9.17) is 0 Å². The van der Waals surface area contributed by atoms with Gasteiger partial charge in [-0.25, -0.2) is 9.79 Å². The zero-order chi connectivity index (χ0) is 7.68. The summed E-state index contributed by atoms with van der Waals surface area (Å²) < 4.78 is 0. The highest BCUT2D eigenvalue weighted by atomic mass is 16.1. The first kappa shape index (κ1) is 6.81. The van der Waals surface area contributed by atoms with Crippen molar-refractivity contribution < 1.29 is 4.79 Å². The average Bonchev–Trinajstić information content (AvgIpc) is 2.60. The highest BCUT2D eigenvalue weighted by Gasteiger charge is 2.31. The number of allylic oxidation sites excluding steroid dienone is 1. The van der Waals surface area contributed by atoms with Crippen molar-refractivity contribution in [3.8, 4) is 0 Å². The molecule has 2 nitrogen and oxygen atoms in total. The predicted molar refractivity (Wildman–Crippen MR) is 41.9 cm³/mol. The van der Waals surface area contributed by atoms with E-state index in [0.717, 1.165) is 11.8 Å². The van der Waals surface area contributed by atoms with Gasteiger partial charge in [-0.2, -0.15) is 0 Å². The van der Waals surface area contributed by atoms with Crippen LogP contribution in [0.1, 0.15) is 19.3 Å². The molecule has 0 aliphatic heterocycles. The first-order valence-electron chi connectivity index (χ1n) is 4.14. The van der Waals surface area contributed by atoms with Crippen molar-refractivity contribution in [2.24, 2.45) is 16.8 Å². The maximum Gasteiger partial charge on any atom is 0.235 e. The molecule has 0 saturated heterocycles. The standard InChI is InChI=1S/C9H11NO/c11-6-10-5-9-4-7-1-2-8(9)3-7/h4,7-8H,1-3,5H2. The van der Waals surface area contributed by atoms with Gasteiger partial charge in [0.2, 0.25) is 6.08 Å². The first-order chi connectivity index (χ1) is 5.40. The zero-order valence-corrected chi connectivity index (χ0v) is 6.42. The number of hydrogen-bond acceptors (Lipinski definition) is 2. The number of carbonyl (C=O) groups excluding carboxylic acids is 1. The smallest absolute Gasteiger partial charge is 0.211 e. The topological polar surface area (TPSA) is 29.4 Å². The average molecular weight is 149 g/mol. The first-order valence-corrected chi connectivity index (χ1v) is 4.14. The van der Waals surface area contributed by atoms with E-state index in [-0.39, 0.29) is 0 Å². The van der Waals surface area contributed by atoms with Gasteiger partial charge in [0.1, 0.15) is 0 Å². The van der Waals surface area contributed by atoms with Crippen molar-refractivity contribution in [1.29, 1.82) is 0 Å². The van der Waals surface area contributed by atoms with Crippen molar-refractivity contribution >= 4 is 6.08 Å². The number of isocyanates is 1. The summed E-state index contributed by atoms with van der Waals surface area (Å²) in [5, 5.41) is 0. The second-order valence-electron chi connectivity index (χ2n) is 3.42. The van der Waals surface area contributed by atoms with Crippen LogP contribution in [-0.2, 0) is 4.79 Å². The molecule has 2 aliphatic carbocycles. The van der Waals surface area contributed by atoms with E-state index < -0.39 is 0 Å². The SMILES string of the molecule is O=C=NCC1=CC2CCC1C2. The fourth-order valence-electron chi connectivity index (χ4n) is 2.25. The molecule has 2 aliphatic rings. The third-order valence-electron chi connectivity index (χ3n) is 2.77. The Morgan fingerprint density at radius 2 is 2.55 bits per heavy atom. The lowest BCUT2D eigenvalue weighted by Crippen LogP contribution is -1.99. The minimum absolute atomic E-state index is 0.602. The molecule has 0 spiro atoms. The number of aliphatic imine (C=N–C) groups is 1. The van der Waals surface area contributed by atoms with E-state index in [1.54, 1.807) is 6.08 Å². The summed E-state index contributed by atoms with van der Waals surface area (Å²) in [4.78, 5) is 13.4. The van der Waals surface area contributed by atoms with Gasteiger partial charge in [0.05, 0.1) is 6.54 Å². The fourth-order valence-corrected chi connectivity index (χ4v) is 2.25. The maximum absolute atomic E-state index is 9.85. The number of hydrogen-bond donors (Lipinski definition) is 0. The third-order valence-corrected chi connectivity index (χ3v) is 2.77. The minimum atomic E-state index is 0.602. The Hall–Kier alpha value is -0.880. The molecule has 0 N–H and O–H groups in total. The van der Waals surface area contributed by atoms with Gasteiger partial charge in [-0.3, -0.25) is 0 Å². The van der Waals surface area contributed by atoms with Crippen LogP contribution in [0.15, 0.2) is 16.6 Å². The third kappa shape index (κ3) is 1.14. The largest absolute Gasteiger partial charge is 0.235 e. The summed E-state index contributed by atoms with van der Waals surface area (Å²) >= 11 is 0. The monoisotopic (exact) mass is 149 g/mol. The highest BCUT2D eigenvalue weighted by Crippen LogP contribution is 2.43. The van der Waals surface area contributed by atoms with Crippen molar-refractivity contribution in [3.05, 3.63) is 11.6 Å². The number of rotatable bonds is 2. The van der Waals surface area contributed by atoms with Crippen LogP contribution in [0, 0.1) is 11.8 Å². The Kier molecular flexibility index (Phi) is 1.63. The summed E-state index contributed by atoms with van der Waals surface area (Å²) in [6.07, 6.45) is 7.85. The summed E-state index contributed by atoms with van der Waals surface area (Å²) in [6, 6.07) is 0. The Morgan fingerprint density at radius 1 is 1.64 bits per heavy atom. The molecule has 0 heterocycles. The molecule has 0 aromatic carbocycles. The van der Waals surface area contributed by atoms with Gasteiger partial charge in [0.25, 0.3) is 0 Å².